The summed E-state index contributed by atoms with van der Waals surface area (Å²) in [5.74, 6) is 1.83. The normalized spacial score (nSPS) is 15.5. The molecule has 0 spiro atoms. The number of piperazine rings is 1. The lowest BCUT2D eigenvalue weighted by Gasteiger charge is -2.27. The first kappa shape index (κ1) is 16.3. The van der Waals surface area contributed by atoms with Gasteiger partial charge in [0.05, 0.1) is 7.11 Å². The van der Waals surface area contributed by atoms with Crippen LogP contribution >= 0.6 is 11.8 Å². The highest BCUT2D eigenvalue weighted by Gasteiger charge is 2.13. The molecule has 1 N–H and O–H groups in total. The molecule has 1 saturated heterocycles. The molecule has 2 heterocycles. The number of pyridine rings is 1. The van der Waals surface area contributed by atoms with E-state index in [9.17, 15) is 0 Å². The Kier molecular flexibility index (Phi) is 5.91. The van der Waals surface area contributed by atoms with Crippen LogP contribution in [0.4, 0.5) is 0 Å². The summed E-state index contributed by atoms with van der Waals surface area (Å²) in [7, 11) is 1.69. The Balaban J connectivity index is 1.62. The van der Waals surface area contributed by atoms with E-state index in [4.69, 9.17) is 4.74 Å². The molecule has 2 aromatic rings. The van der Waals surface area contributed by atoms with E-state index in [0.29, 0.717) is 0 Å². The Hall–Kier alpha value is -1.56. The molecule has 0 saturated carbocycles. The van der Waals surface area contributed by atoms with Crippen LogP contribution < -0.4 is 10.1 Å². The van der Waals surface area contributed by atoms with Crippen LogP contribution in [0.15, 0.2) is 47.6 Å². The summed E-state index contributed by atoms with van der Waals surface area (Å²) < 4.78 is 5.21. The molecule has 1 fully saturated rings. The fraction of sp³-hybridized carbons (Fsp3) is 0.389. The van der Waals surface area contributed by atoms with E-state index in [1.807, 2.05) is 36.2 Å². The number of ether oxygens (including phenoxy) is 1. The van der Waals surface area contributed by atoms with Crippen molar-refractivity contribution >= 4 is 11.8 Å². The van der Waals surface area contributed by atoms with Gasteiger partial charge in [0.1, 0.15) is 10.8 Å². The van der Waals surface area contributed by atoms with Gasteiger partial charge in [-0.1, -0.05) is 18.2 Å². The first-order valence-corrected chi connectivity index (χ1v) is 8.96. The maximum Gasteiger partial charge on any atom is 0.118 e. The Morgan fingerprint density at radius 2 is 1.96 bits per heavy atom. The van der Waals surface area contributed by atoms with Gasteiger partial charge in [0.15, 0.2) is 0 Å². The SMILES string of the molecule is COc1ccc(CSc2ncccc2CN2CCNCC2)cc1. The number of rotatable bonds is 6. The van der Waals surface area contributed by atoms with Crippen LogP contribution in [0.2, 0.25) is 0 Å². The molecular weight excluding hydrogens is 306 g/mol. The second kappa shape index (κ2) is 8.34. The number of methoxy groups -OCH3 is 1. The smallest absolute Gasteiger partial charge is 0.118 e. The van der Waals surface area contributed by atoms with Crippen molar-refractivity contribution in [1.29, 1.82) is 0 Å². The van der Waals surface area contributed by atoms with Crippen LogP contribution in [-0.4, -0.2) is 43.2 Å². The van der Waals surface area contributed by atoms with E-state index in [-0.39, 0.29) is 0 Å². The second-order valence-corrected chi connectivity index (χ2v) is 6.59. The highest BCUT2D eigenvalue weighted by Crippen LogP contribution is 2.26. The Morgan fingerprint density at radius 1 is 1.17 bits per heavy atom. The molecule has 23 heavy (non-hydrogen) atoms. The highest BCUT2D eigenvalue weighted by atomic mass is 32.2. The minimum atomic E-state index is 0.899. The summed E-state index contributed by atoms with van der Waals surface area (Å²) in [5, 5.41) is 4.54. The Labute approximate surface area is 142 Å². The van der Waals surface area contributed by atoms with Gasteiger partial charge in [-0.2, -0.15) is 0 Å². The first-order valence-electron chi connectivity index (χ1n) is 7.98. The molecule has 0 aliphatic carbocycles. The number of hydrogen-bond acceptors (Lipinski definition) is 5. The average molecular weight is 329 g/mol. The summed E-state index contributed by atoms with van der Waals surface area (Å²) in [6, 6.07) is 12.5. The number of hydrogen-bond donors (Lipinski definition) is 1. The maximum absolute atomic E-state index is 5.21. The molecule has 3 rings (SSSR count). The average Bonchev–Trinajstić information content (AvgIpc) is 2.62. The molecule has 0 radical (unpaired) electrons. The Bertz CT molecular complexity index is 612. The minimum Gasteiger partial charge on any atom is -0.497 e. The summed E-state index contributed by atoms with van der Waals surface area (Å²) in [6.45, 7) is 5.36. The zero-order valence-electron chi connectivity index (χ0n) is 13.5. The monoisotopic (exact) mass is 329 g/mol. The molecule has 0 unspecified atom stereocenters. The largest absolute Gasteiger partial charge is 0.497 e. The summed E-state index contributed by atoms with van der Waals surface area (Å²) in [6.07, 6.45) is 1.89. The molecule has 0 atom stereocenters. The third-order valence-corrected chi connectivity index (χ3v) is 5.11. The topological polar surface area (TPSA) is 37.4 Å². The van der Waals surface area contributed by atoms with E-state index >= 15 is 0 Å². The number of benzene rings is 1. The summed E-state index contributed by atoms with van der Waals surface area (Å²) in [5.41, 5.74) is 2.61. The molecular formula is C18H23N3OS. The van der Waals surface area contributed by atoms with Crippen molar-refractivity contribution in [3.63, 3.8) is 0 Å². The van der Waals surface area contributed by atoms with Crippen LogP contribution in [0.3, 0.4) is 0 Å². The molecule has 1 aliphatic heterocycles. The molecule has 1 aliphatic rings. The fourth-order valence-electron chi connectivity index (χ4n) is 2.66. The predicted molar refractivity (Wildman–Crippen MR) is 94.9 cm³/mol. The zero-order valence-corrected chi connectivity index (χ0v) is 14.3. The number of nitrogens with one attached hydrogen (secondary N) is 1. The highest BCUT2D eigenvalue weighted by molar-refractivity contribution is 7.98. The molecule has 0 amide bonds. The standard InChI is InChI=1S/C18H23N3OS/c1-22-17-6-4-15(5-7-17)14-23-18-16(3-2-8-20-18)13-21-11-9-19-10-12-21/h2-8,19H,9-14H2,1H3. The molecule has 1 aromatic carbocycles. The van der Waals surface area contributed by atoms with E-state index < -0.39 is 0 Å². The molecule has 5 heteroatoms. The van der Waals surface area contributed by atoms with Crippen LogP contribution in [0.5, 0.6) is 5.75 Å². The van der Waals surface area contributed by atoms with Gasteiger partial charge < -0.3 is 10.1 Å². The van der Waals surface area contributed by atoms with Crippen molar-refractivity contribution in [2.45, 2.75) is 17.3 Å². The van der Waals surface area contributed by atoms with E-state index in [0.717, 1.165) is 49.3 Å². The predicted octanol–water partition coefficient (Wildman–Crippen LogP) is 2.79. The van der Waals surface area contributed by atoms with Crippen molar-refractivity contribution < 1.29 is 4.74 Å². The quantitative estimate of drug-likeness (QED) is 0.825. The van der Waals surface area contributed by atoms with Crippen LogP contribution in [0.1, 0.15) is 11.1 Å². The van der Waals surface area contributed by atoms with Crippen LogP contribution in [-0.2, 0) is 12.3 Å². The van der Waals surface area contributed by atoms with E-state index in [1.54, 1.807) is 7.11 Å². The van der Waals surface area contributed by atoms with Crippen molar-refractivity contribution in [1.82, 2.24) is 15.2 Å². The zero-order chi connectivity index (χ0) is 15.9. The maximum atomic E-state index is 5.21. The molecule has 0 bridgehead atoms. The van der Waals surface area contributed by atoms with E-state index in [1.165, 1.54) is 11.1 Å². The first-order chi connectivity index (χ1) is 11.3. The summed E-state index contributed by atoms with van der Waals surface area (Å²) in [4.78, 5) is 7.08. The van der Waals surface area contributed by atoms with Gasteiger partial charge in [-0.05, 0) is 29.3 Å². The van der Waals surface area contributed by atoms with Crippen molar-refractivity contribution in [2.24, 2.45) is 0 Å². The fourth-order valence-corrected chi connectivity index (χ4v) is 3.61. The number of aromatic nitrogens is 1. The van der Waals surface area contributed by atoms with Gasteiger partial charge in [-0.15, -0.1) is 11.8 Å². The van der Waals surface area contributed by atoms with Crippen molar-refractivity contribution in [3.8, 4) is 5.75 Å². The van der Waals surface area contributed by atoms with Crippen LogP contribution in [0.25, 0.3) is 0 Å². The van der Waals surface area contributed by atoms with Gasteiger partial charge in [-0.3, -0.25) is 4.90 Å². The Morgan fingerprint density at radius 3 is 2.70 bits per heavy atom. The lowest BCUT2D eigenvalue weighted by molar-refractivity contribution is 0.231. The lowest BCUT2D eigenvalue weighted by Crippen LogP contribution is -2.42. The van der Waals surface area contributed by atoms with Gasteiger partial charge in [0, 0.05) is 44.7 Å². The van der Waals surface area contributed by atoms with E-state index in [2.05, 4.69) is 33.4 Å². The second-order valence-electron chi connectivity index (χ2n) is 5.63. The molecule has 1 aromatic heterocycles. The number of nitrogens with zero attached hydrogens (tertiary/aromatic N) is 2. The minimum absolute atomic E-state index is 0.899. The van der Waals surface area contributed by atoms with Gasteiger partial charge in [0.25, 0.3) is 0 Å². The lowest BCUT2D eigenvalue weighted by atomic mass is 10.2. The number of thioether (sulfide) groups is 1. The third-order valence-electron chi connectivity index (χ3n) is 3.99. The van der Waals surface area contributed by atoms with Crippen molar-refractivity contribution in [3.05, 3.63) is 53.7 Å². The van der Waals surface area contributed by atoms with Gasteiger partial charge >= 0.3 is 0 Å². The van der Waals surface area contributed by atoms with Crippen molar-refractivity contribution in [2.75, 3.05) is 33.3 Å². The third kappa shape index (κ3) is 4.70. The van der Waals surface area contributed by atoms with Crippen LogP contribution in [0, 0.1) is 0 Å². The molecule has 122 valence electrons. The summed E-state index contributed by atoms with van der Waals surface area (Å²) >= 11 is 1.81. The molecule has 4 nitrogen and oxygen atoms in total. The van der Waals surface area contributed by atoms with Gasteiger partial charge in [0.2, 0.25) is 0 Å². The van der Waals surface area contributed by atoms with Gasteiger partial charge in [-0.25, -0.2) is 4.98 Å².